The molecule has 0 aromatic carbocycles. The Morgan fingerprint density at radius 2 is 1.12 bits per heavy atom. The van der Waals surface area contributed by atoms with Gasteiger partial charge in [0.1, 0.15) is 26.4 Å². The molecule has 2 saturated heterocycles. The number of carbonyl (C=O) groups excluding carboxylic acids is 2. The lowest BCUT2D eigenvalue weighted by Crippen LogP contribution is -2.46. The molecule has 0 saturated carbocycles. The summed E-state index contributed by atoms with van der Waals surface area (Å²) in [5.41, 5.74) is -0.167. The standard InChI is InChI=1S/C16H26O8/c1-3-15(7-19-8-15)11-23-13(17)21-5-6-22-14(18)24-12-16(4-2)9-20-10-16/h3-12H2,1-2H3. The maximum absolute atomic E-state index is 11.5. The first-order valence-electron chi connectivity index (χ1n) is 8.28. The third-order valence-electron chi connectivity index (χ3n) is 4.65. The Kier molecular flexibility index (Phi) is 6.68. The first-order valence-corrected chi connectivity index (χ1v) is 8.28. The molecule has 138 valence electrons. The number of rotatable bonds is 9. The fourth-order valence-electron chi connectivity index (χ4n) is 2.32. The van der Waals surface area contributed by atoms with Gasteiger partial charge in [0.15, 0.2) is 0 Å². The van der Waals surface area contributed by atoms with E-state index in [0.29, 0.717) is 26.4 Å². The van der Waals surface area contributed by atoms with E-state index in [9.17, 15) is 9.59 Å². The Bertz CT molecular complexity index is 377. The summed E-state index contributed by atoms with van der Waals surface area (Å²) in [6.07, 6.45) is 0.200. The Labute approximate surface area is 141 Å². The van der Waals surface area contributed by atoms with Crippen LogP contribution in [0.25, 0.3) is 0 Å². The predicted octanol–water partition coefficient (Wildman–Crippen LogP) is 2.15. The minimum atomic E-state index is -0.775. The Morgan fingerprint density at radius 3 is 1.38 bits per heavy atom. The summed E-state index contributed by atoms with van der Waals surface area (Å²) < 4.78 is 30.1. The summed E-state index contributed by atoms with van der Waals surface area (Å²) in [5.74, 6) is 0. The molecule has 0 aliphatic carbocycles. The van der Waals surface area contributed by atoms with Crippen molar-refractivity contribution in [2.75, 3.05) is 52.9 Å². The third-order valence-corrected chi connectivity index (χ3v) is 4.65. The zero-order valence-corrected chi connectivity index (χ0v) is 14.3. The van der Waals surface area contributed by atoms with E-state index in [1.807, 2.05) is 13.8 Å². The van der Waals surface area contributed by atoms with Crippen molar-refractivity contribution < 1.29 is 38.0 Å². The van der Waals surface area contributed by atoms with Crippen molar-refractivity contribution in [3.05, 3.63) is 0 Å². The van der Waals surface area contributed by atoms with Crippen LogP contribution >= 0.6 is 0 Å². The van der Waals surface area contributed by atoms with Crippen LogP contribution in [0.4, 0.5) is 9.59 Å². The van der Waals surface area contributed by atoms with E-state index in [-0.39, 0.29) is 37.3 Å². The molecular formula is C16H26O8. The fourth-order valence-corrected chi connectivity index (χ4v) is 2.32. The SMILES string of the molecule is CCC1(COC(=O)OCCOC(=O)OCC2(CC)COC2)COC1. The number of carbonyl (C=O) groups is 2. The summed E-state index contributed by atoms with van der Waals surface area (Å²) >= 11 is 0. The van der Waals surface area contributed by atoms with Crippen molar-refractivity contribution in [2.24, 2.45) is 10.8 Å². The first-order chi connectivity index (χ1) is 11.5. The van der Waals surface area contributed by atoms with Crippen molar-refractivity contribution >= 4 is 12.3 Å². The van der Waals surface area contributed by atoms with Gasteiger partial charge in [0.2, 0.25) is 0 Å². The molecule has 0 aromatic rings. The van der Waals surface area contributed by atoms with Gasteiger partial charge in [0.25, 0.3) is 0 Å². The van der Waals surface area contributed by atoms with E-state index in [1.54, 1.807) is 0 Å². The molecule has 0 radical (unpaired) electrons. The predicted molar refractivity (Wildman–Crippen MR) is 81.7 cm³/mol. The van der Waals surface area contributed by atoms with Crippen LogP contribution < -0.4 is 0 Å². The first kappa shape index (κ1) is 18.8. The maximum atomic E-state index is 11.5. The summed E-state index contributed by atoms with van der Waals surface area (Å²) in [7, 11) is 0. The second-order valence-electron chi connectivity index (χ2n) is 6.47. The van der Waals surface area contributed by atoms with Gasteiger partial charge in [-0.1, -0.05) is 13.8 Å². The van der Waals surface area contributed by atoms with Crippen LogP contribution in [0.5, 0.6) is 0 Å². The lowest BCUT2D eigenvalue weighted by molar-refractivity contribution is -0.145. The molecule has 24 heavy (non-hydrogen) atoms. The van der Waals surface area contributed by atoms with Gasteiger partial charge in [-0.25, -0.2) is 9.59 Å². The molecule has 0 bridgehead atoms. The van der Waals surface area contributed by atoms with Crippen LogP contribution in [0.2, 0.25) is 0 Å². The molecule has 0 atom stereocenters. The third kappa shape index (κ3) is 4.98. The van der Waals surface area contributed by atoms with Crippen molar-refractivity contribution in [3.63, 3.8) is 0 Å². The van der Waals surface area contributed by atoms with Crippen molar-refractivity contribution in [1.82, 2.24) is 0 Å². The van der Waals surface area contributed by atoms with Crippen molar-refractivity contribution in [2.45, 2.75) is 26.7 Å². The molecule has 2 rings (SSSR count). The highest BCUT2D eigenvalue weighted by atomic mass is 16.7. The highest BCUT2D eigenvalue weighted by molar-refractivity contribution is 5.60. The van der Waals surface area contributed by atoms with E-state index in [0.717, 1.165) is 12.8 Å². The smallest absolute Gasteiger partial charge is 0.434 e. The monoisotopic (exact) mass is 346 g/mol. The summed E-state index contributed by atoms with van der Waals surface area (Å²) in [6.45, 7) is 6.80. The van der Waals surface area contributed by atoms with Gasteiger partial charge in [-0.3, -0.25) is 0 Å². The van der Waals surface area contributed by atoms with Crippen LogP contribution in [0.1, 0.15) is 26.7 Å². The Morgan fingerprint density at radius 1 is 0.750 bits per heavy atom. The molecule has 0 unspecified atom stereocenters. The minimum Gasteiger partial charge on any atom is -0.434 e. The molecule has 0 N–H and O–H groups in total. The van der Waals surface area contributed by atoms with E-state index in [4.69, 9.17) is 28.4 Å². The molecule has 8 nitrogen and oxygen atoms in total. The lowest BCUT2D eigenvalue weighted by Gasteiger charge is -2.39. The fraction of sp³-hybridized carbons (Fsp3) is 0.875. The zero-order chi connectivity index (χ0) is 17.5. The van der Waals surface area contributed by atoms with E-state index < -0.39 is 12.3 Å². The average Bonchev–Trinajstić information content (AvgIpc) is 2.50. The van der Waals surface area contributed by atoms with Gasteiger partial charge in [-0.05, 0) is 12.8 Å². The second-order valence-corrected chi connectivity index (χ2v) is 6.47. The van der Waals surface area contributed by atoms with Gasteiger partial charge in [0, 0.05) is 0 Å². The van der Waals surface area contributed by atoms with Crippen LogP contribution in [0, 0.1) is 10.8 Å². The normalized spacial score (nSPS) is 20.2. The van der Waals surface area contributed by atoms with E-state index in [2.05, 4.69) is 0 Å². The minimum absolute atomic E-state index is 0.0778. The summed E-state index contributed by atoms with van der Waals surface area (Å²) in [5, 5.41) is 0. The Balaban J connectivity index is 1.49. The molecular weight excluding hydrogens is 320 g/mol. The van der Waals surface area contributed by atoms with Crippen LogP contribution in [-0.4, -0.2) is 65.2 Å². The highest BCUT2D eigenvalue weighted by Crippen LogP contribution is 2.32. The molecule has 0 aromatic heterocycles. The summed E-state index contributed by atoms with van der Waals surface area (Å²) in [4.78, 5) is 22.9. The van der Waals surface area contributed by atoms with Gasteiger partial charge in [-0.2, -0.15) is 0 Å². The van der Waals surface area contributed by atoms with Crippen LogP contribution in [0.15, 0.2) is 0 Å². The molecule has 2 fully saturated rings. The topological polar surface area (TPSA) is 89.5 Å². The van der Waals surface area contributed by atoms with E-state index in [1.165, 1.54) is 0 Å². The maximum Gasteiger partial charge on any atom is 0.508 e. The molecule has 2 heterocycles. The number of hydrogen-bond donors (Lipinski definition) is 0. The van der Waals surface area contributed by atoms with E-state index >= 15 is 0 Å². The molecule has 0 spiro atoms. The van der Waals surface area contributed by atoms with Gasteiger partial charge >= 0.3 is 12.3 Å². The average molecular weight is 346 g/mol. The largest absolute Gasteiger partial charge is 0.508 e. The van der Waals surface area contributed by atoms with Gasteiger partial charge in [0.05, 0.1) is 37.3 Å². The molecule has 2 aliphatic heterocycles. The lowest BCUT2D eigenvalue weighted by atomic mass is 9.84. The van der Waals surface area contributed by atoms with Crippen LogP contribution in [0.3, 0.4) is 0 Å². The molecule has 8 heteroatoms. The van der Waals surface area contributed by atoms with Gasteiger partial charge < -0.3 is 28.4 Å². The highest BCUT2D eigenvalue weighted by Gasteiger charge is 2.39. The van der Waals surface area contributed by atoms with Crippen LogP contribution in [-0.2, 0) is 28.4 Å². The Hall–Kier alpha value is -1.54. The zero-order valence-electron chi connectivity index (χ0n) is 14.3. The number of hydrogen-bond acceptors (Lipinski definition) is 8. The summed E-state index contributed by atoms with van der Waals surface area (Å²) in [6, 6.07) is 0. The molecule has 2 aliphatic rings. The second kappa shape index (κ2) is 8.53. The van der Waals surface area contributed by atoms with Gasteiger partial charge in [-0.15, -0.1) is 0 Å². The van der Waals surface area contributed by atoms with Crippen molar-refractivity contribution in [1.29, 1.82) is 0 Å². The quantitative estimate of drug-likeness (QED) is 0.463. The molecule has 0 amide bonds. The number of ether oxygens (including phenoxy) is 6. The van der Waals surface area contributed by atoms with Crippen molar-refractivity contribution in [3.8, 4) is 0 Å².